The maximum atomic E-state index is 13.1. The number of rotatable bonds is 6. The van der Waals surface area contributed by atoms with Gasteiger partial charge in [0, 0.05) is 45.1 Å². The number of ether oxygens (including phenoxy) is 1. The number of amides is 2. The first-order chi connectivity index (χ1) is 13.4. The first-order valence-electron chi connectivity index (χ1n) is 9.59. The summed E-state index contributed by atoms with van der Waals surface area (Å²) in [7, 11) is 0. The van der Waals surface area contributed by atoms with Crippen molar-refractivity contribution in [1.82, 2.24) is 9.80 Å². The topological polar surface area (TPSA) is 87.2 Å². The molecular formula is C20H25FN2O5. The number of halogens is 1. The molecule has 2 saturated heterocycles. The van der Waals surface area contributed by atoms with Crippen LogP contribution >= 0.6 is 0 Å². The summed E-state index contributed by atoms with van der Waals surface area (Å²) in [6.07, 6.45) is 1.11. The summed E-state index contributed by atoms with van der Waals surface area (Å²) in [5.74, 6) is -2.10. The lowest BCUT2D eigenvalue weighted by molar-refractivity contribution is -0.146. The summed E-state index contributed by atoms with van der Waals surface area (Å²) < 4.78 is 18.6. The highest BCUT2D eigenvalue weighted by Crippen LogP contribution is 2.25. The van der Waals surface area contributed by atoms with Crippen LogP contribution in [0.5, 0.6) is 0 Å². The minimum absolute atomic E-state index is 0.0142. The van der Waals surface area contributed by atoms with E-state index in [1.807, 2.05) is 0 Å². The van der Waals surface area contributed by atoms with Crippen LogP contribution in [0.4, 0.5) is 4.39 Å². The molecule has 28 heavy (non-hydrogen) atoms. The molecule has 2 aliphatic rings. The van der Waals surface area contributed by atoms with Crippen LogP contribution in [0.3, 0.4) is 0 Å². The van der Waals surface area contributed by atoms with Crippen molar-refractivity contribution in [2.75, 3.05) is 32.8 Å². The minimum Gasteiger partial charge on any atom is -0.481 e. The zero-order valence-corrected chi connectivity index (χ0v) is 15.7. The van der Waals surface area contributed by atoms with Crippen molar-refractivity contribution < 1.29 is 28.6 Å². The zero-order valence-electron chi connectivity index (χ0n) is 15.7. The van der Waals surface area contributed by atoms with Gasteiger partial charge in [0.2, 0.25) is 5.91 Å². The van der Waals surface area contributed by atoms with Crippen LogP contribution in [0.2, 0.25) is 0 Å². The van der Waals surface area contributed by atoms with E-state index in [0.29, 0.717) is 38.3 Å². The molecule has 2 atom stereocenters. The zero-order chi connectivity index (χ0) is 20.1. The molecule has 0 aromatic heterocycles. The Morgan fingerprint density at radius 1 is 1.07 bits per heavy atom. The van der Waals surface area contributed by atoms with Crippen LogP contribution in [-0.4, -0.2) is 71.6 Å². The fourth-order valence-electron chi connectivity index (χ4n) is 3.75. The lowest BCUT2D eigenvalue weighted by Gasteiger charge is -2.36. The SMILES string of the molecule is O=C(O)CC(CC(=O)N1CCN(C(=O)C2CCCO2)CC1)c1ccc(F)cc1. The molecule has 3 rings (SSSR count). The van der Waals surface area contributed by atoms with Gasteiger partial charge in [-0.3, -0.25) is 14.4 Å². The average molecular weight is 392 g/mol. The van der Waals surface area contributed by atoms with Crippen molar-refractivity contribution >= 4 is 17.8 Å². The molecule has 152 valence electrons. The highest BCUT2D eigenvalue weighted by Gasteiger charge is 2.32. The Hall–Kier alpha value is -2.48. The molecule has 2 aliphatic heterocycles. The molecule has 0 radical (unpaired) electrons. The van der Waals surface area contributed by atoms with Gasteiger partial charge in [0.05, 0.1) is 6.42 Å². The Labute approximate surface area is 163 Å². The monoisotopic (exact) mass is 392 g/mol. The molecule has 2 unspecified atom stereocenters. The highest BCUT2D eigenvalue weighted by atomic mass is 19.1. The predicted octanol–water partition coefficient (Wildman–Crippen LogP) is 1.62. The number of carbonyl (C=O) groups is 3. The molecule has 0 saturated carbocycles. The van der Waals surface area contributed by atoms with E-state index in [-0.39, 0.29) is 30.8 Å². The molecule has 2 fully saturated rings. The van der Waals surface area contributed by atoms with E-state index in [0.717, 1.165) is 12.8 Å². The van der Waals surface area contributed by atoms with Crippen molar-refractivity contribution in [2.24, 2.45) is 0 Å². The fraction of sp³-hybridized carbons (Fsp3) is 0.550. The third kappa shape index (κ3) is 5.07. The molecular weight excluding hydrogens is 367 g/mol. The number of hydrogen-bond acceptors (Lipinski definition) is 4. The summed E-state index contributed by atoms with van der Waals surface area (Å²) in [6, 6.07) is 5.58. The highest BCUT2D eigenvalue weighted by molar-refractivity contribution is 5.82. The number of nitrogens with zero attached hydrogens (tertiary/aromatic N) is 2. The van der Waals surface area contributed by atoms with Gasteiger partial charge in [0.25, 0.3) is 5.91 Å². The van der Waals surface area contributed by atoms with Crippen LogP contribution in [0.25, 0.3) is 0 Å². The summed E-state index contributed by atoms with van der Waals surface area (Å²) in [4.78, 5) is 39.7. The number of hydrogen-bond donors (Lipinski definition) is 1. The Kier molecular flexibility index (Phi) is 6.61. The lowest BCUT2D eigenvalue weighted by atomic mass is 9.92. The van der Waals surface area contributed by atoms with E-state index in [4.69, 9.17) is 9.84 Å². The number of carboxylic acids is 1. The smallest absolute Gasteiger partial charge is 0.303 e. The average Bonchev–Trinajstić information content (AvgIpc) is 3.22. The number of carbonyl (C=O) groups excluding carboxylic acids is 2. The predicted molar refractivity (Wildman–Crippen MR) is 98.1 cm³/mol. The molecule has 1 aromatic carbocycles. The number of carboxylic acid groups (broad SMARTS) is 1. The second-order valence-electron chi connectivity index (χ2n) is 7.26. The van der Waals surface area contributed by atoms with E-state index in [9.17, 15) is 18.8 Å². The fourth-order valence-corrected chi connectivity index (χ4v) is 3.75. The largest absolute Gasteiger partial charge is 0.481 e. The standard InChI is InChI=1S/C20H25FN2O5/c21-16-5-3-14(4-6-16)15(13-19(25)26)12-18(24)22-7-9-23(10-8-22)20(27)17-2-1-11-28-17/h3-6,15,17H,1-2,7-13H2,(H,25,26). The van der Waals surface area contributed by atoms with Crippen LogP contribution in [-0.2, 0) is 19.1 Å². The van der Waals surface area contributed by atoms with Gasteiger partial charge in [-0.15, -0.1) is 0 Å². The molecule has 1 N–H and O–H groups in total. The van der Waals surface area contributed by atoms with Crippen molar-refractivity contribution in [3.63, 3.8) is 0 Å². The number of aliphatic carboxylic acids is 1. The van der Waals surface area contributed by atoms with Crippen molar-refractivity contribution in [2.45, 2.75) is 37.7 Å². The maximum Gasteiger partial charge on any atom is 0.303 e. The van der Waals surface area contributed by atoms with E-state index in [1.54, 1.807) is 9.80 Å². The van der Waals surface area contributed by atoms with Crippen LogP contribution in [0.15, 0.2) is 24.3 Å². The molecule has 7 nitrogen and oxygen atoms in total. The van der Waals surface area contributed by atoms with Crippen molar-refractivity contribution in [3.8, 4) is 0 Å². The third-order valence-corrected chi connectivity index (χ3v) is 5.33. The summed E-state index contributed by atoms with van der Waals surface area (Å²) in [5.41, 5.74) is 0.629. The lowest BCUT2D eigenvalue weighted by Crippen LogP contribution is -2.53. The van der Waals surface area contributed by atoms with E-state index in [1.165, 1.54) is 24.3 Å². The van der Waals surface area contributed by atoms with Crippen molar-refractivity contribution in [1.29, 1.82) is 0 Å². The van der Waals surface area contributed by atoms with Gasteiger partial charge in [-0.25, -0.2) is 4.39 Å². The summed E-state index contributed by atoms with van der Waals surface area (Å²) >= 11 is 0. The third-order valence-electron chi connectivity index (χ3n) is 5.33. The molecule has 2 heterocycles. The van der Waals surface area contributed by atoms with Crippen LogP contribution < -0.4 is 0 Å². The van der Waals surface area contributed by atoms with E-state index in [2.05, 4.69) is 0 Å². The van der Waals surface area contributed by atoms with Gasteiger partial charge in [-0.2, -0.15) is 0 Å². The van der Waals surface area contributed by atoms with Gasteiger partial charge in [0.1, 0.15) is 11.9 Å². The van der Waals surface area contributed by atoms with Gasteiger partial charge < -0.3 is 19.6 Å². The molecule has 0 aliphatic carbocycles. The number of benzene rings is 1. The van der Waals surface area contributed by atoms with E-state index < -0.39 is 17.7 Å². The minimum atomic E-state index is -1.01. The molecule has 8 heteroatoms. The Morgan fingerprint density at radius 3 is 2.29 bits per heavy atom. The van der Waals surface area contributed by atoms with Gasteiger partial charge in [0.15, 0.2) is 0 Å². The molecule has 1 aromatic rings. The first kappa shape index (κ1) is 20.3. The quantitative estimate of drug-likeness (QED) is 0.795. The summed E-state index contributed by atoms with van der Waals surface area (Å²) in [5, 5.41) is 9.17. The normalized spacial score (nSPS) is 20.8. The van der Waals surface area contributed by atoms with Gasteiger partial charge in [-0.1, -0.05) is 12.1 Å². The first-order valence-corrected chi connectivity index (χ1v) is 9.59. The Bertz CT molecular complexity index is 710. The van der Waals surface area contributed by atoms with Crippen LogP contribution in [0, 0.1) is 5.82 Å². The van der Waals surface area contributed by atoms with Gasteiger partial charge in [-0.05, 0) is 30.5 Å². The second kappa shape index (κ2) is 9.14. The Balaban J connectivity index is 1.56. The second-order valence-corrected chi connectivity index (χ2v) is 7.26. The Morgan fingerprint density at radius 2 is 1.71 bits per heavy atom. The maximum absolute atomic E-state index is 13.1. The molecule has 0 bridgehead atoms. The molecule has 2 amide bonds. The van der Waals surface area contributed by atoms with Gasteiger partial charge >= 0.3 is 5.97 Å². The van der Waals surface area contributed by atoms with Crippen LogP contribution in [0.1, 0.15) is 37.2 Å². The number of piperazine rings is 1. The van der Waals surface area contributed by atoms with E-state index >= 15 is 0 Å². The summed E-state index contributed by atoms with van der Waals surface area (Å²) in [6.45, 7) is 2.35. The van der Waals surface area contributed by atoms with Crippen molar-refractivity contribution in [3.05, 3.63) is 35.6 Å². The molecule has 0 spiro atoms.